The summed E-state index contributed by atoms with van der Waals surface area (Å²) in [5, 5.41) is 4.77. The summed E-state index contributed by atoms with van der Waals surface area (Å²) in [7, 11) is -3.90. The number of carbonyl (C=O) groups excluding carboxylic acids is 3. The average Bonchev–Trinajstić information content (AvgIpc) is 3.59. The van der Waals surface area contributed by atoms with Crippen molar-refractivity contribution in [2.75, 3.05) is 25.0 Å². The number of hydrogen-bond donors (Lipinski definition) is 2. The first-order valence-corrected chi connectivity index (χ1v) is 15.6. The monoisotopic (exact) mass is 601 g/mol. The smallest absolute Gasteiger partial charge is 0.248 e. The highest BCUT2D eigenvalue weighted by molar-refractivity contribution is 7.92. The van der Waals surface area contributed by atoms with Crippen LogP contribution in [0.4, 0.5) is 5.82 Å². The minimum atomic E-state index is -3.90. The molecule has 2 N–H and O–H groups in total. The molecular formula is C27H28ClN5O5S2. The van der Waals surface area contributed by atoms with Crippen LogP contribution in [0, 0.1) is 0 Å². The van der Waals surface area contributed by atoms with Gasteiger partial charge in [0.15, 0.2) is 0 Å². The molecule has 0 spiro atoms. The van der Waals surface area contributed by atoms with E-state index in [2.05, 4.69) is 15.0 Å². The Bertz CT molecular complexity index is 1570. The molecular weight excluding hydrogens is 574 g/mol. The van der Waals surface area contributed by atoms with E-state index >= 15 is 0 Å². The lowest BCUT2D eigenvalue weighted by Gasteiger charge is -2.33. The first-order valence-electron chi connectivity index (χ1n) is 12.9. The van der Waals surface area contributed by atoms with E-state index in [0.717, 1.165) is 16.3 Å². The third-order valence-electron chi connectivity index (χ3n) is 6.89. The fourth-order valence-electron chi connectivity index (χ4n) is 4.96. The van der Waals surface area contributed by atoms with E-state index in [4.69, 9.17) is 11.6 Å². The number of anilines is 1. The maximum atomic E-state index is 13.2. The molecule has 0 radical (unpaired) electrons. The van der Waals surface area contributed by atoms with Gasteiger partial charge in [0.05, 0.1) is 16.4 Å². The molecule has 0 saturated carbocycles. The summed E-state index contributed by atoms with van der Waals surface area (Å²) in [6, 6.07) is 12.9. The van der Waals surface area contributed by atoms with Crippen molar-refractivity contribution in [3.8, 4) is 0 Å². The number of likely N-dealkylation sites (tertiary alicyclic amines) is 2. The Labute approximate surface area is 241 Å². The van der Waals surface area contributed by atoms with E-state index in [9.17, 15) is 22.8 Å². The van der Waals surface area contributed by atoms with Crippen molar-refractivity contribution >= 4 is 73.5 Å². The SMILES string of the molecule is O=C(Nc1ccc2ccccc2n1)[C@H]1CCCN1C(=O)CN1CCC[C@H](NS(=O)(=O)/C=C/c2ccc(Cl)s2)C1=O. The topological polar surface area (TPSA) is 129 Å². The Morgan fingerprint density at radius 2 is 1.88 bits per heavy atom. The number of pyridine rings is 1. The lowest BCUT2D eigenvalue weighted by Crippen LogP contribution is -2.55. The van der Waals surface area contributed by atoms with Crippen LogP contribution in [0.15, 0.2) is 53.9 Å². The van der Waals surface area contributed by atoms with Crippen LogP contribution in [0.25, 0.3) is 17.0 Å². The Morgan fingerprint density at radius 1 is 1.07 bits per heavy atom. The average molecular weight is 602 g/mol. The first kappa shape index (κ1) is 28.2. The van der Waals surface area contributed by atoms with Crippen LogP contribution in [0.1, 0.15) is 30.6 Å². The number of nitrogens with one attached hydrogen (secondary N) is 2. The molecule has 2 aliphatic heterocycles. The second-order valence-corrected chi connectivity index (χ2v) is 13.0. The van der Waals surface area contributed by atoms with Crippen LogP contribution in [-0.2, 0) is 24.4 Å². The number of hydrogen-bond acceptors (Lipinski definition) is 7. The highest BCUT2D eigenvalue weighted by Crippen LogP contribution is 2.24. The molecule has 1 aromatic carbocycles. The van der Waals surface area contributed by atoms with Gasteiger partial charge in [-0.1, -0.05) is 29.8 Å². The van der Waals surface area contributed by atoms with E-state index in [0.29, 0.717) is 53.8 Å². The third-order valence-corrected chi connectivity index (χ3v) is 9.20. The molecule has 5 rings (SSSR count). The number of sulfonamides is 1. The maximum absolute atomic E-state index is 13.2. The summed E-state index contributed by atoms with van der Waals surface area (Å²) < 4.78 is 28.1. The summed E-state index contributed by atoms with van der Waals surface area (Å²) >= 11 is 7.12. The molecule has 3 aromatic rings. The van der Waals surface area contributed by atoms with Crippen LogP contribution in [0.3, 0.4) is 0 Å². The normalized spacial score (nSPS) is 20.0. The van der Waals surface area contributed by atoms with E-state index in [1.165, 1.54) is 27.2 Å². The molecule has 13 heteroatoms. The predicted molar refractivity (Wildman–Crippen MR) is 155 cm³/mol. The molecule has 2 aromatic heterocycles. The first-order chi connectivity index (χ1) is 19.2. The van der Waals surface area contributed by atoms with Crippen LogP contribution in [0.2, 0.25) is 4.34 Å². The summed E-state index contributed by atoms with van der Waals surface area (Å²) in [5.74, 6) is -0.740. The summed E-state index contributed by atoms with van der Waals surface area (Å²) in [6.07, 6.45) is 3.44. The zero-order valence-corrected chi connectivity index (χ0v) is 23.8. The van der Waals surface area contributed by atoms with Gasteiger partial charge in [-0.15, -0.1) is 11.3 Å². The van der Waals surface area contributed by atoms with Crippen LogP contribution in [0.5, 0.6) is 0 Å². The van der Waals surface area contributed by atoms with Gasteiger partial charge >= 0.3 is 0 Å². The quantitative estimate of drug-likeness (QED) is 0.407. The fraction of sp³-hybridized carbons (Fsp3) is 0.333. The van der Waals surface area contributed by atoms with Gasteiger partial charge < -0.3 is 15.1 Å². The predicted octanol–water partition coefficient (Wildman–Crippen LogP) is 3.46. The number of rotatable bonds is 8. The number of fused-ring (bicyclic) bond motifs is 1. The number of carbonyl (C=O) groups is 3. The Balaban J connectivity index is 1.19. The minimum Gasteiger partial charge on any atom is -0.332 e. The maximum Gasteiger partial charge on any atom is 0.248 e. The number of para-hydroxylation sites is 1. The van der Waals surface area contributed by atoms with Gasteiger partial charge in [-0.05, 0) is 62.1 Å². The Kier molecular flexibility index (Phi) is 8.50. The second-order valence-electron chi connectivity index (χ2n) is 9.69. The highest BCUT2D eigenvalue weighted by atomic mass is 35.5. The van der Waals surface area contributed by atoms with Gasteiger partial charge in [-0.2, -0.15) is 4.72 Å². The van der Waals surface area contributed by atoms with Crippen LogP contribution >= 0.6 is 22.9 Å². The van der Waals surface area contributed by atoms with Gasteiger partial charge in [-0.3, -0.25) is 14.4 Å². The van der Waals surface area contributed by atoms with E-state index in [-0.39, 0.29) is 18.4 Å². The highest BCUT2D eigenvalue weighted by Gasteiger charge is 2.37. The second kappa shape index (κ2) is 12.0. The number of halogens is 1. The Hall–Kier alpha value is -3.32. The minimum absolute atomic E-state index is 0.224. The van der Waals surface area contributed by atoms with E-state index in [1.807, 2.05) is 30.3 Å². The number of nitrogens with zero attached hydrogens (tertiary/aromatic N) is 3. The lowest BCUT2D eigenvalue weighted by molar-refractivity contribution is -0.144. The molecule has 2 aliphatic rings. The van der Waals surface area contributed by atoms with Crippen molar-refractivity contribution < 1.29 is 22.8 Å². The van der Waals surface area contributed by atoms with E-state index in [1.54, 1.807) is 18.2 Å². The van der Waals surface area contributed by atoms with Gasteiger partial charge in [0.2, 0.25) is 27.7 Å². The molecule has 0 aliphatic carbocycles. The number of benzene rings is 1. The number of aromatic nitrogens is 1. The molecule has 210 valence electrons. The number of thiophene rings is 1. The van der Waals surface area contributed by atoms with Crippen molar-refractivity contribution in [3.63, 3.8) is 0 Å². The summed E-state index contributed by atoms with van der Waals surface area (Å²) in [5.41, 5.74) is 0.750. The largest absolute Gasteiger partial charge is 0.332 e. The lowest BCUT2D eigenvalue weighted by atomic mass is 10.1. The molecule has 3 amide bonds. The molecule has 10 nitrogen and oxygen atoms in total. The van der Waals surface area contributed by atoms with E-state index < -0.39 is 28.0 Å². The number of amides is 3. The van der Waals surface area contributed by atoms with Gasteiger partial charge in [0, 0.05) is 28.8 Å². The van der Waals surface area contributed by atoms with Gasteiger partial charge in [0.25, 0.3) is 0 Å². The zero-order valence-electron chi connectivity index (χ0n) is 21.5. The molecule has 0 bridgehead atoms. The molecule has 2 saturated heterocycles. The van der Waals surface area contributed by atoms with Crippen molar-refractivity contribution in [2.45, 2.75) is 37.8 Å². The summed E-state index contributed by atoms with van der Waals surface area (Å²) in [6.45, 7) is 0.508. The standard InChI is InChI=1S/C27H28ClN5O5S2/c28-23-11-10-19(39-23)13-16-40(37,38)31-21-7-3-14-32(27(21)36)17-25(34)33-15-4-8-22(33)26(35)30-24-12-9-18-5-1-2-6-20(18)29-24/h1-2,5-6,9-13,16,21-22,31H,3-4,7-8,14-15,17H2,(H,29,30,35)/b16-13+/t21-,22+/m0/s1. The molecule has 4 heterocycles. The molecule has 40 heavy (non-hydrogen) atoms. The molecule has 2 atom stereocenters. The third kappa shape index (κ3) is 6.69. The fourth-order valence-corrected chi connectivity index (χ4v) is 7.03. The van der Waals surface area contributed by atoms with Crippen LogP contribution < -0.4 is 10.0 Å². The summed E-state index contributed by atoms with van der Waals surface area (Å²) in [4.78, 5) is 47.4. The van der Waals surface area contributed by atoms with Gasteiger partial charge in [0.1, 0.15) is 17.9 Å². The van der Waals surface area contributed by atoms with Crippen molar-refractivity contribution in [1.82, 2.24) is 19.5 Å². The zero-order chi connectivity index (χ0) is 28.3. The Morgan fingerprint density at radius 3 is 2.67 bits per heavy atom. The van der Waals surface area contributed by atoms with Crippen molar-refractivity contribution in [3.05, 3.63) is 63.2 Å². The van der Waals surface area contributed by atoms with Crippen molar-refractivity contribution in [1.29, 1.82) is 0 Å². The molecule has 0 unspecified atom stereocenters. The number of piperidine rings is 1. The van der Waals surface area contributed by atoms with Gasteiger partial charge in [-0.25, -0.2) is 13.4 Å². The van der Waals surface area contributed by atoms with Crippen LogP contribution in [-0.4, -0.2) is 72.6 Å². The van der Waals surface area contributed by atoms with Crippen molar-refractivity contribution in [2.24, 2.45) is 0 Å². The molecule has 2 fully saturated rings.